The Morgan fingerprint density at radius 3 is 2.30 bits per heavy atom. The van der Waals surface area contributed by atoms with Gasteiger partial charge in [-0.2, -0.15) is 0 Å². The molecule has 0 aliphatic carbocycles. The molecule has 2 aromatic rings. The van der Waals surface area contributed by atoms with Crippen molar-refractivity contribution in [1.82, 2.24) is 0 Å². The monoisotopic (exact) mass is 328 g/mol. The summed E-state index contributed by atoms with van der Waals surface area (Å²) in [4.78, 5) is 24.5. The van der Waals surface area contributed by atoms with Crippen LogP contribution in [0.2, 0.25) is 0 Å². The van der Waals surface area contributed by atoms with E-state index in [0.29, 0.717) is 11.5 Å². The van der Waals surface area contributed by atoms with Crippen LogP contribution < -0.4 is 4.74 Å². The molecule has 1 aliphatic heterocycles. The quantitative estimate of drug-likeness (QED) is 0.465. The fourth-order valence-electron chi connectivity index (χ4n) is 2.24. The first-order chi connectivity index (χ1) is 10.8. The molecular weight excluding hydrogens is 312 g/mol. The SMILES string of the molecule is CC(C)(C)Sc1ccc(Oc2cccc3c2C(=O)OC3=O)cc1. The third-order valence-corrected chi connectivity index (χ3v) is 4.23. The van der Waals surface area contributed by atoms with E-state index in [9.17, 15) is 9.59 Å². The van der Waals surface area contributed by atoms with Crippen molar-refractivity contribution < 1.29 is 19.1 Å². The molecule has 1 aliphatic rings. The zero-order valence-corrected chi connectivity index (χ0v) is 13.9. The maximum absolute atomic E-state index is 11.8. The Balaban J connectivity index is 1.84. The van der Waals surface area contributed by atoms with Gasteiger partial charge in [0.05, 0.1) is 5.56 Å². The average molecular weight is 328 g/mol. The van der Waals surface area contributed by atoms with Crippen LogP contribution in [0.3, 0.4) is 0 Å². The average Bonchev–Trinajstić information content (AvgIpc) is 2.76. The fraction of sp³-hybridized carbons (Fsp3) is 0.222. The second kappa shape index (κ2) is 5.74. The summed E-state index contributed by atoms with van der Waals surface area (Å²) in [7, 11) is 0. The van der Waals surface area contributed by atoms with Crippen molar-refractivity contribution in [2.75, 3.05) is 0 Å². The van der Waals surface area contributed by atoms with Crippen LogP contribution in [-0.2, 0) is 4.74 Å². The van der Waals surface area contributed by atoms with Crippen LogP contribution in [0.5, 0.6) is 11.5 Å². The van der Waals surface area contributed by atoms with Crippen molar-refractivity contribution in [3.8, 4) is 11.5 Å². The number of carbonyl (C=O) groups is 2. The van der Waals surface area contributed by atoms with Gasteiger partial charge in [0, 0.05) is 9.64 Å². The molecule has 0 fully saturated rings. The molecule has 0 unspecified atom stereocenters. The van der Waals surface area contributed by atoms with Gasteiger partial charge >= 0.3 is 11.9 Å². The fourth-order valence-corrected chi connectivity index (χ4v) is 3.22. The van der Waals surface area contributed by atoms with E-state index in [0.717, 1.165) is 4.90 Å². The smallest absolute Gasteiger partial charge is 0.350 e. The van der Waals surface area contributed by atoms with E-state index in [4.69, 9.17) is 4.74 Å². The molecule has 23 heavy (non-hydrogen) atoms. The minimum Gasteiger partial charge on any atom is -0.456 e. The number of hydrogen-bond acceptors (Lipinski definition) is 5. The highest BCUT2D eigenvalue weighted by molar-refractivity contribution is 8.00. The van der Waals surface area contributed by atoms with E-state index < -0.39 is 11.9 Å². The standard InChI is InChI=1S/C18H16O4S/c1-18(2,3)23-12-9-7-11(8-10-12)21-14-6-4-5-13-15(14)17(20)22-16(13)19/h4-10H,1-3H3. The van der Waals surface area contributed by atoms with E-state index in [2.05, 4.69) is 25.5 Å². The maximum atomic E-state index is 11.8. The number of rotatable bonds is 3. The summed E-state index contributed by atoms with van der Waals surface area (Å²) in [5, 5.41) is 0. The molecule has 2 aromatic carbocycles. The Labute approximate surface area is 138 Å². The van der Waals surface area contributed by atoms with E-state index in [1.807, 2.05) is 24.3 Å². The van der Waals surface area contributed by atoms with Gasteiger partial charge in [-0.3, -0.25) is 0 Å². The van der Waals surface area contributed by atoms with Gasteiger partial charge in [0.2, 0.25) is 0 Å². The Kier molecular flexibility index (Phi) is 3.90. The maximum Gasteiger partial charge on any atom is 0.350 e. The number of thioether (sulfide) groups is 1. The first-order valence-corrected chi connectivity index (χ1v) is 8.01. The van der Waals surface area contributed by atoms with Gasteiger partial charge in [0.1, 0.15) is 17.1 Å². The highest BCUT2D eigenvalue weighted by Crippen LogP contribution is 2.35. The Morgan fingerprint density at radius 2 is 1.65 bits per heavy atom. The lowest BCUT2D eigenvalue weighted by Gasteiger charge is -2.17. The summed E-state index contributed by atoms with van der Waals surface area (Å²) in [6.07, 6.45) is 0. The lowest BCUT2D eigenvalue weighted by Crippen LogP contribution is -2.06. The predicted molar refractivity (Wildman–Crippen MR) is 88.3 cm³/mol. The number of esters is 2. The summed E-state index contributed by atoms with van der Waals surface area (Å²) in [6, 6.07) is 12.5. The Hall–Kier alpha value is -2.27. The molecule has 4 nitrogen and oxygen atoms in total. The molecule has 1 heterocycles. The molecule has 0 spiro atoms. The van der Waals surface area contributed by atoms with Gasteiger partial charge < -0.3 is 9.47 Å². The molecule has 5 heteroatoms. The second-order valence-corrected chi connectivity index (χ2v) is 8.04. The van der Waals surface area contributed by atoms with Crippen LogP contribution >= 0.6 is 11.8 Å². The molecule has 0 saturated heterocycles. The molecule has 3 rings (SSSR count). The number of carbonyl (C=O) groups excluding carboxylic acids is 2. The van der Waals surface area contributed by atoms with Crippen molar-refractivity contribution in [2.24, 2.45) is 0 Å². The summed E-state index contributed by atoms with van der Waals surface area (Å²) in [5.74, 6) is -0.369. The van der Waals surface area contributed by atoms with Gasteiger partial charge in [0.15, 0.2) is 0 Å². The molecule has 0 radical (unpaired) electrons. The van der Waals surface area contributed by atoms with Crippen molar-refractivity contribution in [3.63, 3.8) is 0 Å². The first kappa shape index (κ1) is 15.6. The second-order valence-electron chi connectivity index (χ2n) is 6.14. The largest absolute Gasteiger partial charge is 0.456 e. The van der Waals surface area contributed by atoms with Crippen LogP contribution in [-0.4, -0.2) is 16.7 Å². The number of cyclic esters (lactones) is 2. The highest BCUT2D eigenvalue weighted by Gasteiger charge is 2.33. The van der Waals surface area contributed by atoms with Gasteiger partial charge in [-0.1, -0.05) is 26.8 Å². The Morgan fingerprint density at radius 1 is 0.957 bits per heavy atom. The van der Waals surface area contributed by atoms with Crippen LogP contribution in [0.25, 0.3) is 0 Å². The van der Waals surface area contributed by atoms with Crippen molar-refractivity contribution >= 4 is 23.7 Å². The van der Waals surface area contributed by atoms with Crippen molar-refractivity contribution in [3.05, 3.63) is 53.6 Å². The number of hydrogen-bond donors (Lipinski definition) is 0. The number of benzene rings is 2. The topological polar surface area (TPSA) is 52.6 Å². The minimum atomic E-state index is -0.666. The molecular formula is C18H16O4S. The van der Waals surface area contributed by atoms with E-state index in [1.54, 1.807) is 30.0 Å². The van der Waals surface area contributed by atoms with Crippen LogP contribution in [0.1, 0.15) is 41.5 Å². The third kappa shape index (κ3) is 3.40. The van der Waals surface area contributed by atoms with E-state index >= 15 is 0 Å². The lowest BCUT2D eigenvalue weighted by atomic mass is 10.1. The van der Waals surface area contributed by atoms with E-state index in [-0.39, 0.29) is 15.9 Å². The molecule has 0 aromatic heterocycles. The van der Waals surface area contributed by atoms with Gasteiger partial charge in [-0.05, 0) is 36.4 Å². The molecule has 0 saturated carbocycles. The molecule has 0 amide bonds. The third-order valence-electron chi connectivity index (χ3n) is 3.11. The van der Waals surface area contributed by atoms with Gasteiger partial charge in [0.25, 0.3) is 0 Å². The summed E-state index contributed by atoms with van der Waals surface area (Å²) in [6.45, 7) is 6.45. The molecule has 0 bridgehead atoms. The summed E-state index contributed by atoms with van der Waals surface area (Å²) >= 11 is 1.76. The van der Waals surface area contributed by atoms with Gasteiger partial charge in [-0.25, -0.2) is 9.59 Å². The molecule has 118 valence electrons. The first-order valence-electron chi connectivity index (χ1n) is 7.20. The van der Waals surface area contributed by atoms with Crippen molar-refractivity contribution in [2.45, 2.75) is 30.4 Å². The lowest BCUT2D eigenvalue weighted by molar-refractivity contribution is 0.0443. The van der Waals surface area contributed by atoms with Gasteiger partial charge in [-0.15, -0.1) is 11.8 Å². The number of ether oxygens (including phenoxy) is 2. The summed E-state index contributed by atoms with van der Waals surface area (Å²) in [5.41, 5.74) is 0.429. The molecule has 0 N–H and O–H groups in total. The highest BCUT2D eigenvalue weighted by atomic mass is 32.2. The number of fused-ring (bicyclic) bond motifs is 1. The van der Waals surface area contributed by atoms with Crippen molar-refractivity contribution in [1.29, 1.82) is 0 Å². The Bertz CT molecular complexity index is 773. The van der Waals surface area contributed by atoms with E-state index in [1.165, 1.54) is 0 Å². The predicted octanol–water partition coefficient (Wildman–Crippen LogP) is 4.68. The van der Waals surface area contributed by atoms with Crippen LogP contribution in [0.4, 0.5) is 0 Å². The van der Waals surface area contributed by atoms with Crippen LogP contribution in [0.15, 0.2) is 47.4 Å². The zero-order chi connectivity index (χ0) is 16.6. The zero-order valence-electron chi connectivity index (χ0n) is 13.1. The van der Waals surface area contributed by atoms with Crippen LogP contribution in [0, 0.1) is 0 Å². The molecule has 0 atom stereocenters. The normalized spacial score (nSPS) is 13.7. The summed E-state index contributed by atoms with van der Waals surface area (Å²) < 4.78 is 10.5. The minimum absolute atomic E-state index is 0.132.